The van der Waals surface area contributed by atoms with Gasteiger partial charge in [0.15, 0.2) is 0 Å². The molecule has 0 unspecified atom stereocenters. The highest BCUT2D eigenvalue weighted by Gasteiger charge is 2.25. The van der Waals surface area contributed by atoms with Gasteiger partial charge in [0.05, 0.1) is 11.0 Å². The topological polar surface area (TPSA) is 47.4 Å². The number of hydrogen-bond donors (Lipinski definition) is 0. The third kappa shape index (κ3) is 2.93. The number of ether oxygens (including phenoxy) is 1. The molecule has 5 heteroatoms. The van der Waals surface area contributed by atoms with Gasteiger partial charge >= 0.3 is 5.97 Å². The molecule has 1 saturated carbocycles. The highest BCUT2D eigenvalue weighted by Crippen LogP contribution is 2.29. The van der Waals surface area contributed by atoms with E-state index in [1.54, 1.807) is 0 Å². The average molecular weight is 327 g/mol. The van der Waals surface area contributed by atoms with Gasteiger partial charge in [0.1, 0.15) is 12.6 Å². The van der Waals surface area contributed by atoms with Gasteiger partial charge in [0.25, 0.3) is 0 Å². The predicted molar refractivity (Wildman–Crippen MR) is 92.7 cm³/mol. The Hall–Kier alpha value is -1.88. The minimum Gasteiger partial charge on any atom is -0.461 e. The Kier molecular flexibility index (Phi) is 4.27. The van der Waals surface area contributed by atoms with Crippen molar-refractivity contribution >= 4 is 17.0 Å². The lowest BCUT2D eigenvalue weighted by atomic mass is 9.98. The number of nitrogens with zero attached hydrogens (tertiary/aromatic N) is 3. The molecule has 0 aromatic carbocycles. The monoisotopic (exact) mass is 327 g/mol. The van der Waals surface area contributed by atoms with Crippen molar-refractivity contribution in [3.05, 3.63) is 29.6 Å². The van der Waals surface area contributed by atoms with Crippen molar-refractivity contribution < 1.29 is 9.53 Å². The lowest BCUT2D eigenvalue weighted by molar-refractivity contribution is -0.151. The van der Waals surface area contributed by atoms with Crippen LogP contribution in [0, 0.1) is 0 Å². The van der Waals surface area contributed by atoms with E-state index in [1.165, 1.54) is 30.5 Å². The number of esters is 1. The molecule has 5 nitrogen and oxygen atoms in total. The molecular formula is C19H25N3O2. The molecule has 2 aromatic rings. The van der Waals surface area contributed by atoms with E-state index in [9.17, 15) is 4.79 Å². The molecule has 0 radical (unpaired) electrons. The first-order chi connectivity index (χ1) is 11.7. The van der Waals surface area contributed by atoms with E-state index in [2.05, 4.69) is 27.6 Å². The van der Waals surface area contributed by atoms with Gasteiger partial charge in [-0.05, 0) is 51.3 Å². The maximum absolute atomic E-state index is 12.5. The second-order valence-corrected chi connectivity index (χ2v) is 7.12. The van der Waals surface area contributed by atoms with E-state index in [0.29, 0.717) is 6.54 Å². The zero-order chi connectivity index (χ0) is 16.5. The lowest BCUT2D eigenvalue weighted by Crippen LogP contribution is -2.29. The van der Waals surface area contributed by atoms with Crippen molar-refractivity contribution in [3.63, 3.8) is 0 Å². The molecule has 0 atom stereocenters. The minimum atomic E-state index is -0.112. The summed E-state index contributed by atoms with van der Waals surface area (Å²) in [7, 11) is 2.12. The van der Waals surface area contributed by atoms with E-state index in [-0.39, 0.29) is 12.1 Å². The van der Waals surface area contributed by atoms with Gasteiger partial charge in [-0.1, -0.05) is 6.42 Å². The molecule has 0 N–H and O–H groups in total. The lowest BCUT2D eigenvalue weighted by Gasteiger charge is -2.25. The fraction of sp³-hybridized carbons (Fsp3) is 0.579. The summed E-state index contributed by atoms with van der Waals surface area (Å²) in [5, 5.41) is 0. The average Bonchev–Trinajstić information content (AvgIpc) is 2.89. The molecule has 0 spiro atoms. The number of hydrogen-bond acceptors (Lipinski definition) is 4. The summed E-state index contributed by atoms with van der Waals surface area (Å²) in [6, 6.07) is 4.01. The van der Waals surface area contributed by atoms with Crippen molar-refractivity contribution in [2.45, 2.75) is 57.7 Å². The molecule has 2 aromatic heterocycles. The number of likely N-dealkylation sites (N-methyl/N-ethyl adjacent to an activating group) is 1. The smallest absolute Gasteiger partial charge is 0.326 e. The molecule has 0 bridgehead atoms. The van der Waals surface area contributed by atoms with E-state index in [0.717, 1.165) is 43.4 Å². The zero-order valence-corrected chi connectivity index (χ0v) is 14.3. The SMILES string of the molecule is CN1CCc2c(n(CC(=O)OC3CCCCC3)c3cccnc23)C1. The van der Waals surface area contributed by atoms with Crippen molar-refractivity contribution in [1.82, 2.24) is 14.5 Å². The number of fused-ring (bicyclic) bond motifs is 3. The molecule has 24 heavy (non-hydrogen) atoms. The Bertz CT molecular complexity index is 746. The molecule has 1 aliphatic heterocycles. The number of carbonyl (C=O) groups is 1. The van der Waals surface area contributed by atoms with Crippen molar-refractivity contribution in [1.29, 1.82) is 0 Å². The highest BCUT2D eigenvalue weighted by molar-refractivity contribution is 5.83. The minimum absolute atomic E-state index is 0.112. The summed E-state index contributed by atoms with van der Waals surface area (Å²) in [4.78, 5) is 19.4. The van der Waals surface area contributed by atoms with Crippen LogP contribution in [0.1, 0.15) is 43.4 Å². The number of rotatable bonds is 3. The van der Waals surface area contributed by atoms with Crippen LogP contribution in [0.3, 0.4) is 0 Å². The molecule has 128 valence electrons. The van der Waals surface area contributed by atoms with Gasteiger partial charge in [0, 0.05) is 30.5 Å². The van der Waals surface area contributed by atoms with Crippen LogP contribution in [0.2, 0.25) is 0 Å². The largest absolute Gasteiger partial charge is 0.461 e. The van der Waals surface area contributed by atoms with Gasteiger partial charge in [-0.15, -0.1) is 0 Å². The summed E-state index contributed by atoms with van der Waals surface area (Å²) < 4.78 is 7.86. The van der Waals surface area contributed by atoms with Crippen LogP contribution < -0.4 is 0 Å². The normalized spacial score (nSPS) is 19.4. The fourth-order valence-electron chi connectivity index (χ4n) is 4.09. The first-order valence-electron chi connectivity index (χ1n) is 9.05. The number of aromatic nitrogens is 2. The third-order valence-corrected chi connectivity index (χ3v) is 5.34. The zero-order valence-electron chi connectivity index (χ0n) is 14.3. The van der Waals surface area contributed by atoms with E-state index in [4.69, 9.17) is 4.74 Å². The maximum atomic E-state index is 12.5. The van der Waals surface area contributed by atoms with Crippen LogP contribution >= 0.6 is 0 Å². The van der Waals surface area contributed by atoms with Gasteiger partial charge in [-0.25, -0.2) is 0 Å². The van der Waals surface area contributed by atoms with Crippen molar-refractivity contribution in [2.75, 3.05) is 13.6 Å². The van der Waals surface area contributed by atoms with Crippen LogP contribution in [0.15, 0.2) is 18.3 Å². The summed E-state index contributed by atoms with van der Waals surface area (Å²) in [5.74, 6) is -0.112. The maximum Gasteiger partial charge on any atom is 0.326 e. The van der Waals surface area contributed by atoms with Gasteiger partial charge < -0.3 is 14.2 Å². The first-order valence-corrected chi connectivity index (χ1v) is 9.05. The molecule has 0 amide bonds. The molecule has 4 rings (SSSR count). The van der Waals surface area contributed by atoms with Crippen LogP contribution in [0.25, 0.3) is 11.0 Å². The summed E-state index contributed by atoms with van der Waals surface area (Å²) in [6.45, 7) is 2.19. The molecule has 1 fully saturated rings. The number of pyridine rings is 1. The predicted octanol–water partition coefficient (Wildman–Crippen LogP) is 2.90. The molecule has 2 aliphatic rings. The van der Waals surface area contributed by atoms with Gasteiger partial charge in [-0.2, -0.15) is 0 Å². The van der Waals surface area contributed by atoms with E-state index in [1.807, 2.05) is 12.3 Å². The highest BCUT2D eigenvalue weighted by atomic mass is 16.5. The Morgan fingerprint density at radius 1 is 1.33 bits per heavy atom. The molecule has 0 saturated heterocycles. The van der Waals surface area contributed by atoms with Gasteiger partial charge in [0.2, 0.25) is 0 Å². The fourth-order valence-corrected chi connectivity index (χ4v) is 4.09. The van der Waals surface area contributed by atoms with Crippen molar-refractivity contribution in [2.24, 2.45) is 0 Å². The second kappa shape index (κ2) is 6.55. The van der Waals surface area contributed by atoms with E-state index < -0.39 is 0 Å². The summed E-state index contributed by atoms with van der Waals surface area (Å²) >= 11 is 0. The van der Waals surface area contributed by atoms with Crippen LogP contribution in [-0.4, -0.2) is 40.1 Å². The van der Waals surface area contributed by atoms with Crippen LogP contribution in [0.4, 0.5) is 0 Å². The summed E-state index contributed by atoms with van der Waals surface area (Å²) in [6.07, 6.45) is 8.59. The quantitative estimate of drug-likeness (QED) is 0.813. The standard InChI is InChI=1S/C19H25N3O2/c1-21-11-9-15-17(12-21)22(16-8-5-10-20-19(15)16)13-18(23)24-14-6-3-2-4-7-14/h5,8,10,14H,2-4,6-7,9,11-13H2,1H3. The number of carbonyl (C=O) groups excluding carboxylic acids is 1. The Labute approximate surface area is 142 Å². The Balaban J connectivity index is 1.61. The van der Waals surface area contributed by atoms with Crippen LogP contribution in [0.5, 0.6) is 0 Å². The second-order valence-electron chi connectivity index (χ2n) is 7.12. The third-order valence-electron chi connectivity index (χ3n) is 5.34. The molecule has 1 aliphatic carbocycles. The first kappa shape index (κ1) is 15.6. The Morgan fingerprint density at radius 3 is 3.00 bits per heavy atom. The molecular weight excluding hydrogens is 302 g/mol. The van der Waals surface area contributed by atoms with E-state index >= 15 is 0 Å². The Morgan fingerprint density at radius 2 is 2.17 bits per heavy atom. The molecule has 3 heterocycles. The van der Waals surface area contributed by atoms with Crippen molar-refractivity contribution in [3.8, 4) is 0 Å². The summed E-state index contributed by atoms with van der Waals surface area (Å²) in [5.41, 5.74) is 4.62. The van der Waals surface area contributed by atoms with Crippen LogP contribution in [-0.2, 0) is 29.0 Å². The van der Waals surface area contributed by atoms with Gasteiger partial charge in [-0.3, -0.25) is 9.78 Å².